The normalized spacial score (nSPS) is 20.4. The Kier molecular flexibility index (Phi) is 3.07. The number of rotatable bonds is 2. The molecular formula is C12H12N2O2S3. The lowest BCUT2D eigenvalue weighted by atomic mass is 10.2. The molecule has 3 rings (SSSR count). The summed E-state index contributed by atoms with van der Waals surface area (Å²) in [6.45, 7) is 1.89. The van der Waals surface area contributed by atoms with Crippen LogP contribution in [0, 0.1) is 6.92 Å². The van der Waals surface area contributed by atoms with E-state index in [1.807, 2.05) is 19.1 Å². The molecule has 7 heteroatoms. The monoisotopic (exact) mass is 312 g/mol. The van der Waals surface area contributed by atoms with E-state index in [0.29, 0.717) is 10.0 Å². The minimum atomic E-state index is -3.15. The summed E-state index contributed by atoms with van der Waals surface area (Å²) < 4.78 is 25.2. The van der Waals surface area contributed by atoms with Crippen molar-refractivity contribution in [3.8, 4) is 0 Å². The second kappa shape index (κ2) is 4.50. The third kappa shape index (κ3) is 2.26. The molecular weight excluding hydrogens is 300 g/mol. The molecule has 0 spiro atoms. The molecule has 1 unspecified atom stereocenters. The Balaban J connectivity index is 1.98. The number of thiazole rings is 1. The van der Waals surface area contributed by atoms with Gasteiger partial charge in [-0.25, -0.2) is 13.4 Å². The van der Waals surface area contributed by atoms with Gasteiger partial charge in [-0.3, -0.25) is 0 Å². The van der Waals surface area contributed by atoms with Crippen LogP contribution >= 0.6 is 23.1 Å². The van der Waals surface area contributed by atoms with Gasteiger partial charge in [-0.2, -0.15) is 0 Å². The van der Waals surface area contributed by atoms with E-state index < -0.39 is 9.84 Å². The van der Waals surface area contributed by atoms with E-state index in [1.165, 1.54) is 11.3 Å². The summed E-state index contributed by atoms with van der Waals surface area (Å²) >= 11 is 2.95. The molecule has 1 aromatic heterocycles. The zero-order valence-electron chi connectivity index (χ0n) is 10.2. The van der Waals surface area contributed by atoms with Crippen LogP contribution in [-0.4, -0.2) is 19.2 Å². The zero-order valence-corrected chi connectivity index (χ0v) is 12.6. The van der Waals surface area contributed by atoms with Crippen molar-refractivity contribution >= 4 is 38.1 Å². The summed E-state index contributed by atoms with van der Waals surface area (Å²) in [6, 6.07) is 7.21. The lowest BCUT2D eigenvalue weighted by Gasteiger charge is -2.07. The first kappa shape index (κ1) is 13.0. The van der Waals surface area contributed by atoms with Crippen molar-refractivity contribution < 1.29 is 8.42 Å². The van der Waals surface area contributed by atoms with E-state index in [4.69, 9.17) is 5.73 Å². The quantitative estimate of drug-likeness (QED) is 0.923. The lowest BCUT2D eigenvalue weighted by Crippen LogP contribution is -2.00. The van der Waals surface area contributed by atoms with Crippen LogP contribution in [-0.2, 0) is 9.84 Å². The molecule has 2 aromatic rings. The smallest absolute Gasteiger partial charge is 0.181 e. The van der Waals surface area contributed by atoms with E-state index in [0.717, 1.165) is 15.5 Å². The largest absolute Gasteiger partial charge is 0.375 e. The van der Waals surface area contributed by atoms with E-state index in [2.05, 4.69) is 4.98 Å². The predicted octanol–water partition coefficient (Wildman–Crippen LogP) is 2.65. The van der Waals surface area contributed by atoms with Crippen molar-refractivity contribution in [1.82, 2.24) is 4.98 Å². The molecule has 1 aliphatic rings. The number of fused-ring (bicyclic) bond motifs is 1. The maximum Gasteiger partial charge on any atom is 0.181 e. The van der Waals surface area contributed by atoms with Crippen LogP contribution in [0.3, 0.4) is 0 Å². The van der Waals surface area contributed by atoms with Gasteiger partial charge in [0, 0.05) is 0 Å². The van der Waals surface area contributed by atoms with E-state index in [1.54, 1.807) is 23.9 Å². The number of nitrogens with zero attached hydrogens (tertiary/aromatic N) is 1. The van der Waals surface area contributed by atoms with Gasteiger partial charge in [-0.15, -0.1) is 11.8 Å². The zero-order chi connectivity index (χ0) is 13.6. The molecule has 0 fully saturated rings. The van der Waals surface area contributed by atoms with Crippen molar-refractivity contribution in [3.63, 3.8) is 0 Å². The number of thioether (sulfide) groups is 1. The van der Waals surface area contributed by atoms with Crippen molar-refractivity contribution in [2.75, 3.05) is 11.5 Å². The minimum absolute atomic E-state index is 0.0697. The van der Waals surface area contributed by atoms with E-state index >= 15 is 0 Å². The molecule has 19 heavy (non-hydrogen) atoms. The fourth-order valence-corrected chi connectivity index (χ4v) is 6.81. The molecule has 0 bridgehead atoms. The van der Waals surface area contributed by atoms with Crippen LogP contribution in [0.4, 0.5) is 5.13 Å². The highest BCUT2D eigenvalue weighted by Crippen LogP contribution is 2.47. The van der Waals surface area contributed by atoms with Gasteiger partial charge in [0.25, 0.3) is 0 Å². The first-order valence-corrected chi connectivity index (χ1v) is 9.03. The topological polar surface area (TPSA) is 73.0 Å². The number of anilines is 1. The number of sulfone groups is 1. The van der Waals surface area contributed by atoms with Crippen LogP contribution in [0.15, 0.2) is 33.4 Å². The van der Waals surface area contributed by atoms with Gasteiger partial charge < -0.3 is 5.73 Å². The van der Waals surface area contributed by atoms with Crippen LogP contribution in [0.25, 0.3) is 0 Å². The average molecular weight is 312 g/mol. The first-order chi connectivity index (χ1) is 8.97. The highest BCUT2D eigenvalue weighted by molar-refractivity contribution is 8.03. The number of nitrogens with two attached hydrogens (primary N) is 1. The molecule has 100 valence electrons. The fourth-order valence-electron chi connectivity index (χ4n) is 2.15. The number of aryl methyl sites for hydroxylation is 1. The van der Waals surface area contributed by atoms with Gasteiger partial charge in [-0.05, 0) is 18.6 Å². The number of hydrogen-bond donors (Lipinski definition) is 1. The van der Waals surface area contributed by atoms with Gasteiger partial charge >= 0.3 is 0 Å². The second-order valence-electron chi connectivity index (χ2n) is 4.35. The summed E-state index contributed by atoms with van der Waals surface area (Å²) in [7, 11) is -3.15. The highest BCUT2D eigenvalue weighted by Gasteiger charge is 2.35. The lowest BCUT2D eigenvalue weighted by molar-refractivity contribution is 0.600. The average Bonchev–Trinajstić information content (AvgIpc) is 2.79. The Morgan fingerprint density at radius 2 is 2.16 bits per heavy atom. The van der Waals surface area contributed by atoms with Crippen molar-refractivity contribution in [2.45, 2.75) is 21.3 Å². The number of nitrogen functional groups attached to an aromatic ring is 1. The second-order valence-corrected chi connectivity index (χ2v) is 8.86. The molecule has 0 saturated carbocycles. The van der Waals surface area contributed by atoms with Crippen molar-refractivity contribution in [3.05, 3.63) is 35.5 Å². The standard InChI is InChI=1S/C12H12N2O2S3/c1-7-11(18-12(13)14-7)17-9-6-19(15,16)10-5-3-2-4-8(9)10/h2-5,9H,6H2,1H3,(H2,13,14). The Hall–Kier alpha value is -1.05. The van der Waals surface area contributed by atoms with Gasteiger partial charge in [-0.1, -0.05) is 29.5 Å². The van der Waals surface area contributed by atoms with Gasteiger partial charge in [0.1, 0.15) is 0 Å². The Morgan fingerprint density at radius 1 is 1.42 bits per heavy atom. The molecule has 1 aliphatic heterocycles. The molecule has 0 radical (unpaired) electrons. The van der Waals surface area contributed by atoms with Crippen molar-refractivity contribution in [2.24, 2.45) is 0 Å². The molecule has 1 atom stereocenters. The molecule has 2 heterocycles. The summed E-state index contributed by atoms with van der Waals surface area (Å²) in [5.41, 5.74) is 7.43. The molecule has 0 amide bonds. The third-order valence-electron chi connectivity index (χ3n) is 2.99. The number of aromatic nitrogens is 1. The van der Waals surface area contributed by atoms with E-state index in [9.17, 15) is 8.42 Å². The summed E-state index contributed by atoms with van der Waals surface area (Å²) in [6.07, 6.45) is 0. The third-order valence-corrected chi connectivity index (χ3v) is 7.55. The fraction of sp³-hybridized carbons (Fsp3) is 0.250. The number of hydrogen-bond acceptors (Lipinski definition) is 6. The predicted molar refractivity (Wildman–Crippen MR) is 78.4 cm³/mol. The van der Waals surface area contributed by atoms with Crippen LogP contribution < -0.4 is 5.73 Å². The Labute approximate surface area is 120 Å². The molecule has 4 nitrogen and oxygen atoms in total. The molecule has 2 N–H and O–H groups in total. The summed E-state index contributed by atoms with van der Waals surface area (Å²) in [5, 5.41) is 0.453. The van der Waals surface area contributed by atoms with Gasteiger partial charge in [0.15, 0.2) is 15.0 Å². The van der Waals surface area contributed by atoms with Crippen LogP contribution in [0.5, 0.6) is 0 Å². The Bertz CT molecular complexity index is 737. The summed E-state index contributed by atoms with van der Waals surface area (Å²) in [5.74, 6) is 0.147. The van der Waals surface area contributed by atoms with Crippen LogP contribution in [0.1, 0.15) is 16.5 Å². The van der Waals surface area contributed by atoms with Gasteiger partial charge in [0.2, 0.25) is 0 Å². The number of benzene rings is 1. The maximum atomic E-state index is 12.1. The summed E-state index contributed by atoms with van der Waals surface area (Å²) in [4.78, 5) is 4.63. The molecule has 0 saturated heterocycles. The highest BCUT2D eigenvalue weighted by atomic mass is 32.2. The minimum Gasteiger partial charge on any atom is -0.375 e. The first-order valence-electron chi connectivity index (χ1n) is 5.68. The van der Waals surface area contributed by atoms with E-state index in [-0.39, 0.29) is 11.0 Å². The van der Waals surface area contributed by atoms with Gasteiger partial charge in [0.05, 0.1) is 25.8 Å². The molecule has 0 aliphatic carbocycles. The van der Waals surface area contributed by atoms with Crippen molar-refractivity contribution in [1.29, 1.82) is 0 Å². The SMILES string of the molecule is Cc1nc(N)sc1SC1CS(=O)(=O)c2ccccc21. The Morgan fingerprint density at radius 3 is 2.84 bits per heavy atom. The molecule has 1 aromatic carbocycles. The maximum absolute atomic E-state index is 12.1. The van der Waals surface area contributed by atoms with Crippen LogP contribution in [0.2, 0.25) is 0 Å².